The van der Waals surface area contributed by atoms with Crippen molar-refractivity contribution in [3.8, 4) is 0 Å². The van der Waals surface area contributed by atoms with Gasteiger partial charge < -0.3 is 15.3 Å². The molecular formula is C16H17N3O. The molecule has 0 spiro atoms. The lowest BCUT2D eigenvalue weighted by Crippen LogP contribution is -2.14. The summed E-state index contributed by atoms with van der Waals surface area (Å²) in [4.78, 5) is 18.5. The number of benzene rings is 1. The van der Waals surface area contributed by atoms with Crippen molar-refractivity contribution < 1.29 is 4.79 Å². The summed E-state index contributed by atoms with van der Waals surface area (Å²) in [7, 11) is 0. The maximum Gasteiger partial charge on any atom is 0.228 e. The second kappa shape index (κ2) is 4.89. The van der Waals surface area contributed by atoms with Crippen molar-refractivity contribution >= 4 is 22.5 Å². The Morgan fingerprint density at radius 2 is 2.05 bits per heavy atom. The normalized spacial score (nSPS) is 10.9. The first-order chi connectivity index (χ1) is 9.63. The zero-order valence-electron chi connectivity index (χ0n) is 11.6. The molecule has 0 aliphatic carbocycles. The fourth-order valence-electron chi connectivity index (χ4n) is 2.48. The fraction of sp³-hybridized carbons (Fsp3) is 0.188. The Morgan fingerprint density at radius 1 is 1.25 bits per heavy atom. The van der Waals surface area contributed by atoms with Crippen molar-refractivity contribution in [3.05, 3.63) is 53.5 Å². The largest absolute Gasteiger partial charge is 0.365 e. The van der Waals surface area contributed by atoms with Crippen LogP contribution in [0.1, 0.15) is 17.0 Å². The molecule has 102 valence electrons. The zero-order chi connectivity index (χ0) is 14.1. The van der Waals surface area contributed by atoms with Crippen LogP contribution in [0.4, 0.5) is 5.69 Å². The number of aromatic nitrogens is 2. The lowest BCUT2D eigenvalue weighted by atomic mass is 10.2. The highest BCUT2D eigenvalue weighted by Gasteiger charge is 2.11. The quantitative estimate of drug-likeness (QED) is 0.670. The molecule has 2 heterocycles. The van der Waals surface area contributed by atoms with Gasteiger partial charge in [-0.25, -0.2) is 0 Å². The summed E-state index contributed by atoms with van der Waals surface area (Å²) >= 11 is 0. The summed E-state index contributed by atoms with van der Waals surface area (Å²) in [5, 5.41) is 4.05. The first kappa shape index (κ1) is 12.5. The number of carbonyl (C=O) groups excluding carboxylic acids is 1. The summed E-state index contributed by atoms with van der Waals surface area (Å²) in [6.45, 7) is 3.95. The van der Waals surface area contributed by atoms with E-state index in [4.69, 9.17) is 0 Å². The van der Waals surface area contributed by atoms with Crippen molar-refractivity contribution in [2.45, 2.75) is 20.3 Å². The van der Waals surface area contributed by atoms with Gasteiger partial charge >= 0.3 is 0 Å². The molecule has 1 aromatic carbocycles. The summed E-state index contributed by atoms with van der Waals surface area (Å²) in [5.74, 6) is -0.00291. The van der Waals surface area contributed by atoms with Gasteiger partial charge in [-0.05, 0) is 31.5 Å². The van der Waals surface area contributed by atoms with Gasteiger partial charge in [0.25, 0.3) is 0 Å². The van der Waals surface area contributed by atoms with E-state index in [0.717, 1.165) is 33.5 Å². The number of aromatic amines is 2. The van der Waals surface area contributed by atoms with Crippen LogP contribution in [0, 0.1) is 13.8 Å². The number of hydrogen-bond donors (Lipinski definition) is 3. The third-order valence-electron chi connectivity index (χ3n) is 3.41. The molecule has 4 nitrogen and oxygen atoms in total. The van der Waals surface area contributed by atoms with Gasteiger partial charge in [0.2, 0.25) is 5.91 Å². The molecule has 0 unspecified atom stereocenters. The molecule has 1 amide bonds. The topological polar surface area (TPSA) is 60.7 Å². The van der Waals surface area contributed by atoms with Gasteiger partial charge in [-0.15, -0.1) is 0 Å². The Morgan fingerprint density at radius 3 is 2.80 bits per heavy atom. The van der Waals surface area contributed by atoms with Gasteiger partial charge in [-0.1, -0.05) is 18.2 Å². The molecule has 4 heteroatoms. The molecule has 0 radical (unpaired) electrons. The van der Waals surface area contributed by atoms with Crippen LogP contribution < -0.4 is 5.32 Å². The predicted molar refractivity (Wildman–Crippen MR) is 80.9 cm³/mol. The van der Waals surface area contributed by atoms with Gasteiger partial charge in [0.1, 0.15) is 0 Å². The first-order valence-electron chi connectivity index (χ1n) is 6.64. The Bertz CT molecular complexity index is 767. The molecule has 3 aromatic rings. The summed E-state index contributed by atoms with van der Waals surface area (Å²) in [6.07, 6.45) is 2.25. The highest BCUT2D eigenvalue weighted by molar-refractivity contribution is 6.03. The zero-order valence-corrected chi connectivity index (χ0v) is 11.6. The number of H-pyrrole nitrogens is 2. The number of nitrogens with one attached hydrogen (secondary N) is 3. The highest BCUT2D eigenvalue weighted by atomic mass is 16.1. The van der Waals surface area contributed by atoms with Gasteiger partial charge in [-0.2, -0.15) is 0 Å². The summed E-state index contributed by atoms with van der Waals surface area (Å²) < 4.78 is 0. The molecule has 0 saturated heterocycles. The minimum absolute atomic E-state index is 0.00291. The standard InChI is InChI=1S/C16H17N3O/c1-10-7-12(9-17-10)8-15(20)19-16-11(2)18-14-6-4-3-5-13(14)16/h3-7,9,17-18H,8H2,1-2H3,(H,19,20). The van der Waals surface area contributed by atoms with Crippen molar-refractivity contribution in [3.63, 3.8) is 0 Å². The molecule has 3 rings (SSSR count). The molecular weight excluding hydrogens is 250 g/mol. The van der Waals surface area contributed by atoms with Gasteiger partial charge in [0.05, 0.1) is 12.1 Å². The third kappa shape index (κ3) is 2.32. The van der Waals surface area contributed by atoms with Crippen LogP contribution in [0.5, 0.6) is 0 Å². The Hall–Kier alpha value is -2.49. The van der Waals surface area contributed by atoms with E-state index in [0.29, 0.717) is 6.42 Å². The highest BCUT2D eigenvalue weighted by Crippen LogP contribution is 2.27. The summed E-state index contributed by atoms with van der Waals surface area (Å²) in [6, 6.07) is 9.96. The Labute approximate surface area is 117 Å². The molecule has 0 saturated carbocycles. The van der Waals surface area contributed by atoms with Gasteiger partial charge in [-0.3, -0.25) is 4.79 Å². The monoisotopic (exact) mass is 267 g/mol. The average Bonchev–Trinajstić information content (AvgIpc) is 2.94. The van der Waals surface area contributed by atoms with Crippen molar-refractivity contribution in [1.29, 1.82) is 0 Å². The van der Waals surface area contributed by atoms with Crippen molar-refractivity contribution in [2.75, 3.05) is 5.32 Å². The first-order valence-corrected chi connectivity index (χ1v) is 6.64. The molecule has 2 aromatic heterocycles. The van der Waals surface area contributed by atoms with Gasteiger partial charge in [0.15, 0.2) is 0 Å². The van der Waals surface area contributed by atoms with E-state index in [-0.39, 0.29) is 5.91 Å². The van der Waals surface area contributed by atoms with Gasteiger partial charge in [0, 0.05) is 28.5 Å². The minimum atomic E-state index is -0.00291. The van der Waals surface area contributed by atoms with Crippen LogP contribution in [0.3, 0.4) is 0 Å². The number of para-hydroxylation sites is 1. The average molecular weight is 267 g/mol. The molecule has 0 bridgehead atoms. The van der Waals surface area contributed by atoms with E-state index in [2.05, 4.69) is 15.3 Å². The van der Waals surface area contributed by atoms with Crippen molar-refractivity contribution in [2.24, 2.45) is 0 Å². The second-order valence-corrected chi connectivity index (χ2v) is 5.09. The molecule has 0 fully saturated rings. The number of aryl methyl sites for hydroxylation is 2. The number of amides is 1. The van der Waals surface area contributed by atoms with Crippen LogP contribution >= 0.6 is 0 Å². The van der Waals surface area contributed by atoms with Crippen molar-refractivity contribution in [1.82, 2.24) is 9.97 Å². The SMILES string of the molecule is Cc1cc(CC(=O)Nc2c(C)[nH]c3ccccc23)c[nH]1. The molecule has 0 aliphatic heterocycles. The Kier molecular flexibility index (Phi) is 3.06. The molecule has 3 N–H and O–H groups in total. The van der Waals surface area contributed by atoms with Crippen LogP contribution in [0.15, 0.2) is 36.5 Å². The maximum atomic E-state index is 12.1. The maximum absolute atomic E-state index is 12.1. The number of hydrogen-bond acceptors (Lipinski definition) is 1. The lowest BCUT2D eigenvalue weighted by Gasteiger charge is -2.04. The van der Waals surface area contributed by atoms with E-state index in [1.807, 2.05) is 50.4 Å². The van der Waals surface area contributed by atoms with E-state index in [9.17, 15) is 4.79 Å². The van der Waals surface area contributed by atoms with Crippen LogP contribution in [-0.4, -0.2) is 15.9 Å². The molecule has 0 aliphatic rings. The third-order valence-corrected chi connectivity index (χ3v) is 3.41. The number of anilines is 1. The van der Waals surface area contributed by atoms with E-state index < -0.39 is 0 Å². The molecule has 0 atom stereocenters. The Balaban J connectivity index is 1.82. The van der Waals surface area contributed by atoms with Crippen LogP contribution in [0.2, 0.25) is 0 Å². The van der Waals surface area contributed by atoms with Crippen LogP contribution in [-0.2, 0) is 11.2 Å². The van der Waals surface area contributed by atoms with E-state index in [1.165, 1.54) is 0 Å². The fourth-order valence-corrected chi connectivity index (χ4v) is 2.48. The number of fused-ring (bicyclic) bond motifs is 1. The minimum Gasteiger partial charge on any atom is -0.365 e. The predicted octanol–water partition coefficient (Wildman–Crippen LogP) is 3.29. The lowest BCUT2D eigenvalue weighted by molar-refractivity contribution is -0.115. The number of rotatable bonds is 3. The smallest absolute Gasteiger partial charge is 0.228 e. The van der Waals surface area contributed by atoms with Crippen LogP contribution in [0.25, 0.3) is 10.9 Å². The number of carbonyl (C=O) groups is 1. The second-order valence-electron chi connectivity index (χ2n) is 5.09. The molecule has 20 heavy (non-hydrogen) atoms. The van der Waals surface area contributed by atoms with E-state index >= 15 is 0 Å². The summed E-state index contributed by atoms with van der Waals surface area (Å²) in [5.41, 5.74) is 4.95. The van der Waals surface area contributed by atoms with E-state index in [1.54, 1.807) is 0 Å².